The molecular weight excluding hydrogens is 338 g/mol. The number of anilines is 1. The second kappa shape index (κ2) is 9.81. The molecule has 0 radical (unpaired) electrons. The number of nitrogens with one attached hydrogen (secondary N) is 2. The third kappa shape index (κ3) is 5.59. The van der Waals surface area contributed by atoms with E-state index in [1.165, 1.54) is 0 Å². The minimum atomic E-state index is -0.188. The van der Waals surface area contributed by atoms with E-state index in [4.69, 9.17) is 0 Å². The van der Waals surface area contributed by atoms with Crippen molar-refractivity contribution >= 4 is 29.9 Å². The maximum atomic E-state index is 12.5. The monoisotopic (exact) mass is 361 g/mol. The Morgan fingerprint density at radius 3 is 2.36 bits per heavy atom. The molecule has 0 atom stereocenters. The van der Waals surface area contributed by atoms with Gasteiger partial charge in [0.1, 0.15) is 0 Å². The zero-order valence-corrected chi connectivity index (χ0v) is 15.5. The van der Waals surface area contributed by atoms with Crippen molar-refractivity contribution in [2.45, 2.75) is 6.92 Å². The molecule has 0 saturated heterocycles. The average Bonchev–Trinajstić information content (AvgIpc) is 2.61. The van der Waals surface area contributed by atoms with Crippen molar-refractivity contribution in [3.8, 4) is 0 Å². The second-order valence-corrected chi connectivity index (χ2v) is 5.68. The van der Waals surface area contributed by atoms with E-state index in [0.717, 1.165) is 12.1 Å². The van der Waals surface area contributed by atoms with Crippen LogP contribution in [0.4, 0.5) is 5.69 Å². The first kappa shape index (κ1) is 20.7. The van der Waals surface area contributed by atoms with Gasteiger partial charge < -0.3 is 15.5 Å². The molecular formula is C19H24ClN3O2. The standard InChI is InChI=1S/C19H23N3O2.ClH/c1-14-9-10-16(19(24)22(3)12-11-20-2)13-17(14)21-18(23)15-7-5-4-6-8-15;/h4-10,13,20H,11-12H2,1-3H3,(H,21,23);1H. The summed E-state index contributed by atoms with van der Waals surface area (Å²) in [6.45, 7) is 3.25. The fraction of sp³-hybridized carbons (Fsp3) is 0.263. The molecule has 0 aromatic heterocycles. The van der Waals surface area contributed by atoms with Gasteiger partial charge in [0.2, 0.25) is 0 Å². The summed E-state index contributed by atoms with van der Waals surface area (Å²) in [5, 5.41) is 5.90. The Hall–Kier alpha value is -2.37. The first-order valence-electron chi connectivity index (χ1n) is 7.90. The van der Waals surface area contributed by atoms with Crippen molar-refractivity contribution in [3.05, 3.63) is 65.2 Å². The quantitative estimate of drug-likeness (QED) is 0.831. The Bertz CT molecular complexity index is 720. The van der Waals surface area contributed by atoms with Crippen LogP contribution in [0.3, 0.4) is 0 Å². The van der Waals surface area contributed by atoms with E-state index >= 15 is 0 Å². The highest BCUT2D eigenvalue weighted by atomic mass is 35.5. The largest absolute Gasteiger partial charge is 0.340 e. The number of rotatable bonds is 6. The molecule has 0 aliphatic carbocycles. The molecule has 0 unspecified atom stereocenters. The SMILES string of the molecule is CNCCN(C)C(=O)c1ccc(C)c(NC(=O)c2ccccc2)c1.Cl. The van der Waals surface area contributed by atoms with Gasteiger partial charge in [-0.3, -0.25) is 9.59 Å². The zero-order valence-electron chi connectivity index (χ0n) is 14.7. The summed E-state index contributed by atoms with van der Waals surface area (Å²) in [6, 6.07) is 14.4. The van der Waals surface area contributed by atoms with Crippen molar-refractivity contribution in [1.29, 1.82) is 0 Å². The van der Waals surface area contributed by atoms with Gasteiger partial charge in [0.15, 0.2) is 0 Å². The number of aryl methyl sites for hydroxylation is 1. The molecule has 2 aromatic carbocycles. The smallest absolute Gasteiger partial charge is 0.255 e. The number of carbonyl (C=O) groups is 2. The van der Waals surface area contributed by atoms with Crippen molar-refractivity contribution in [2.24, 2.45) is 0 Å². The highest BCUT2D eigenvalue weighted by molar-refractivity contribution is 6.05. The normalized spacial score (nSPS) is 9.88. The molecule has 6 heteroatoms. The first-order valence-corrected chi connectivity index (χ1v) is 7.90. The molecule has 0 aliphatic heterocycles. The molecule has 134 valence electrons. The summed E-state index contributed by atoms with van der Waals surface area (Å²) in [6.07, 6.45) is 0. The molecule has 0 fully saturated rings. The zero-order chi connectivity index (χ0) is 17.5. The van der Waals surface area contributed by atoms with E-state index in [2.05, 4.69) is 10.6 Å². The minimum Gasteiger partial charge on any atom is -0.340 e. The lowest BCUT2D eigenvalue weighted by atomic mass is 10.1. The highest BCUT2D eigenvalue weighted by Gasteiger charge is 2.14. The van der Waals surface area contributed by atoms with Crippen molar-refractivity contribution < 1.29 is 9.59 Å². The van der Waals surface area contributed by atoms with Gasteiger partial charge in [-0.05, 0) is 43.8 Å². The van der Waals surface area contributed by atoms with Gasteiger partial charge >= 0.3 is 0 Å². The van der Waals surface area contributed by atoms with Gasteiger partial charge in [-0.2, -0.15) is 0 Å². The van der Waals surface area contributed by atoms with Crippen LogP contribution in [0.25, 0.3) is 0 Å². The fourth-order valence-corrected chi connectivity index (χ4v) is 2.28. The van der Waals surface area contributed by atoms with Crippen LogP contribution in [-0.4, -0.2) is 43.9 Å². The predicted octanol–water partition coefficient (Wildman–Crippen LogP) is 2.96. The summed E-state index contributed by atoms with van der Waals surface area (Å²) in [4.78, 5) is 26.4. The molecule has 2 amide bonds. The van der Waals surface area contributed by atoms with E-state index in [-0.39, 0.29) is 24.2 Å². The van der Waals surface area contributed by atoms with E-state index in [9.17, 15) is 9.59 Å². The van der Waals surface area contributed by atoms with E-state index in [1.54, 1.807) is 36.2 Å². The number of hydrogen-bond acceptors (Lipinski definition) is 3. The molecule has 5 nitrogen and oxygen atoms in total. The number of carbonyl (C=O) groups excluding carboxylic acids is 2. The van der Waals surface area contributed by atoms with Crippen molar-refractivity contribution in [2.75, 3.05) is 32.5 Å². The topological polar surface area (TPSA) is 61.4 Å². The lowest BCUT2D eigenvalue weighted by Crippen LogP contribution is -2.32. The summed E-state index contributed by atoms with van der Waals surface area (Å²) in [5.41, 5.74) is 2.70. The Labute approximate surface area is 154 Å². The predicted molar refractivity (Wildman–Crippen MR) is 104 cm³/mol. The summed E-state index contributed by atoms with van der Waals surface area (Å²) >= 11 is 0. The van der Waals surface area contributed by atoms with Crippen LogP contribution in [0.15, 0.2) is 48.5 Å². The molecule has 0 spiro atoms. The highest BCUT2D eigenvalue weighted by Crippen LogP contribution is 2.19. The Morgan fingerprint density at radius 1 is 1.04 bits per heavy atom. The number of benzene rings is 2. The van der Waals surface area contributed by atoms with Gasteiger partial charge in [-0.1, -0.05) is 24.3 Å². The minimum absolute atomic E-state index is 0. The van der Waals surface area contributed by atoms with Gasteiger partial charge in [0.25, 0.3) is 11.8 Å². The lowest BCUT2D eigenvalue weighted by molar-refractivity contribution is 0.0796. The number of likely N-dealkylation sites (N-methyl/N-ethyl adjacent to an activating group) is 2. The molecule has 25 heavy (non-hydrogen) atoms. The Morgan fingerprint density at radius 2 is 1.72 bits per heavy atom. The van der Waals surface area contributed by atoms with Crippen LogP contribution in [0.5, 0.6) is 0 Å². The van der Waals surface area contributed by atoms with Crippen LogP contribution < -0.4 is 10.6 Å². The van der Waals surface area contributed by atoms with Crippen LogP contribution in [0.1, 0.15) is 26.3 Å². The molecule has 2 N–H and O–H groups in total. The van der Waals surface area contributed by atoms with Crippen LogP contribution in [0, 0.1) is 6.92 Å². The lowest BCUT2D eigenvalue weighted by Gasteiger charge is -2.18. The Kier molecular flexibility index (Phi) is 8.11. The third-order valence-electron chi connectivity index (χ3n) is 3.81. The Balaban J connectivity index is 0.00000312. The van der Waals surface area contributed by atoms with Gasteiger partial charge in [-0.25, -0.2) is 0 Å². The molecule has 0 bridgehead atoms. The molecule has 2 rings (SSSR count). The van der Waals surface area contributed by atoms with Crippen molar-refractivity contribution in [1.82, 2.24) is 10.2 Å². The van der Waals surface area contributed by atoms with Crippen LogP contribution >= 0.6 is 12.4 Å². The summed E-state index contributed by atoms with van der Waals surface area (Å²) in [7, 11) is 3.61. The molecule has 0 saturated carbocycles. The number of hydrogen-bond donors (Lipinski definition) is 2. The van der Waals surface area contributed by atoms with Gasteiger partial charge in [0, 0.05) is 37.0 Å². The molecule has 2 aromatic rings. The molecule has 0 aliphatic rings. The van der Waals surface area contributed by atoms with Gasteiger partial charge in [-0.15, -0.1) is 12.4 Å². The first-order chi connectivity index (χ1) is 11.5. The number of halogens is 1. The average molecular weight is 362 g/mol. The second-order valence-electron chi connectivity index (χ2n) is 5.68. The maximum absolute atomic E-state index is 12.5. The summed E-state index contributed by atoms with van der Waals surface area (Å²) < 4.78 is 0. The number of amides is 2. The van der Waals surface area contributed by atoms with E-state index < -0.39 is 0 Å². The third-order valence-corrected chi connectivity index (χ3v) is 3.81. The maximum Gasteiger partial charge on any atom is 0.255 e. The van der Waals surface area contributed by atoms with Crippen LogP contribution in [-0.2, 0) is 0 Å². The molecule has 0 heterocycles. The van der Waals surface area contributed by atoms with Crippen LogP contribution in [0.2, 0.25) is 0 Å². The van der Waals surface area contributed by atoms with E-state index in [1.807, 2.05) is 38.2 Å². The number of nitrogens with zero attached hydrogens (tertiary/aromatic N) is 1. The van der Waals surface area contributed by atoms with Crippen molar-refractivity contribution in [3.63, 3.8) is 0 Å². The van der Waals surface area contributed by atoms with Gasteiger partial charge in [0.05, 0.1) is 0 Å². The fourth-order valence-electron chi connectivity index (χ4n) is 2.28. The van der Waals surface area contributed by atoms with E-state index in [0.29, 0.717) is 23.4 Å². The summed E-state index contributed by atoms with van der Waals surface area (Å²) in [5.74, 6) is -0.257.